The third-order valence-corrected chi connectivity index (χ3v) is 2.98. The Balaban J connectivity index is 2.73. The molecule has 0 atom stereocenters. The topological polar surface area (TPSA) is 60.4 Å². The van der Waals surface area contributed by atoms with E-state index in [-0.39, 0.29) is 11.3 Å². The van der Waals surface area contributed by atoms with Crippen LogP contribution >= 0.6 is 0 Å². The molecule has 0 unspecified atom stereocenters. The molecular formula is C10H12O4S. The molecule has 82 valence electrons. The zero-order valence-electron chi connectivity index (χ0n) is 8.34. The second kappa shape index (κ2) is 4.93. The van der Waals surface area contributed by atoms with Crippen molar-refractivity contribution in [2.75, 3.05) is 5.75 Å². The van der Waals surface area contributed by atoms with E-state index in [0.717, 1.165) is 0 Å². The van der Waals surface area contributed by atoms with Crippen LogP contribution in [-0.2, 0) is 14.3 Å². The number of benzene rings is 1. The van der Waals surface area contributed by atoms with Crippen LogP contribution in [-0.4, -0.2) is 20.1 Å². The molecule has 0 aromatic heterocycles. The Morgan fingerprint density at radius 1 is 1.27 bits per heavy atom. The second-order valence-electron chi connectivity index (χ2n) is 3.00. The van der Waals surface area contributed by atoms with E-state index in [1.165, 1.54) is 12.1 Å². The lowest BCUT2D eigenvalue weighted by molar-refractivity contribution is 0.0747. The van der Waals surface area contributed by atoms with Gasteiger partial charge in [0.15, 0.2) is 0 Å². The van der Waals surface area contributed by atoms with Crippen LogP contribution in [0.2, 0.25) is 0 Å². The van der Waals surface area contributed by atoms with E-state index >= 15 is 0 Å². The van der Waals surface area contributed by atoms with Crippen molar-refractivity contribution in [3.8, 4) is 0 Å². The van der Waals surface area contributed by atoms with Gasteiger partial charge in [0.2, 0.25) is 0 Å². The molecule has 0 fully saturated rings. The van der Waals surface area contributed by atoms with Gasteiger partial charge in [0, 0.05) is 0 Å². The summed E-state index contributed by atoms with van der Waals surface area (Å²) in [7, 11) is -3.73. The highest BCUT2D eigenvalue weighted by atomic mass is 32.2. The molecule has 1 rings (SSSR count). The van der Waals surface area contributed by atoms with Gasteiger partial charge in [-0.2, -0.15) is 8.42 Å². The summed E-state index contributed by atoms with van der Waals surface area (Å²) >= 11 is 0. The molecule has 0 bridgehead atoms. The summed E-state index contributed by atoms with van der Waals surface area (Å²) in [6, 6.07) is 8.02. The maximum atomic E-state index is 11.3. The molecule has 1 aromatic carbocycles. The van der Waals surface area contributed by atoms with Crippen molar-refractivity contribution in [3.63, 3.8) is 0 Å². The molecule has 0 radical (unpaired) electrons. The van der Waals surface area contributed by atoms with Crippen LogP contribution in [0.5, 0.6) is 0 Å². The summed E-state index contributed by atoms with van der Waals surface area (Å²) in [5, 5.41) is 0. The van der Waals surface area contributed by atoms with Gasteiger partial charge in [-0.05, 0) is 18.6 Å². The maximum absolute atomic E-state index is 11.3. The lowest BCUT2D eigenvalue weighted by atomic mass is 10.2. The first-order chi connectivity index (χ1) is 7.05. The number of rotatable bonds is 4. The highest BCUT2D eigenvalue weighted by Gasteiger charge is 2.16. The number of carbonyl (C=O) groups is 1. The van der Waals surface area contributed by atoms with Crippen molar-refractivity contribution in [2.45, 2.75) is 13.3 Å². The van der Waals surface area contributed by atoms with Crippen LogP contribution in [0.4, 0.5) is 0 Å². The molecule has 4 nitrogen and oxygen atoms in total. The van der Waals surface area contributed by atoms with E-state index < -0.39 is 16.1 Å². The SMILES string of the molecule is CCCS(=O)(=O)OC(=O)c1ccccc1. The Hall–Kier alpha value is -1.36. The monoisotopic (exact) mass is 228 g/mol. The Labute approximate surface area is 89.0 Å². The van der Waals surface area contributed by atoms with Gasteiger partial charge in [-0.15, -0.1) is 0 Å². The van der Waals surface area contributed by atoms with Gasteiger partial charge < -0.3 is 4.18 Å². The lowest BCUT2D eigenvalue weighted by Gasteiger charge is -2.03. The van der Waals surface area contributed by atoms with Crippen LogP contribution < -0.4 is 0 Å². The summed E-state index contributed by atoms with van der Waals surface area (Å²) in [5.41, 5.74) is 0.233. The summed E-state index contributed by atoms with van der Waals surface area (Å²) in [6.45, 7) is 1.70. The van der Waals surface area contributed by atoms with E-state index in [1.54, 1.807) is 25.1 Å². The number of hydrogen-bond acceptors (Lipinski definition) is 4. The van der Waals surface area contributed by atoms with E-state index in [1.807, 2.05) is 0 Å². The van der Waals surface area contributed by atoms with Gasteiger partial charge >= 0.3 is 16.1 Å². The fourth-order valence-corrected chi connectivity index (χ4v) is 1.94. The van der Waals surface area contributed by atoms with Crippen LogP contribution in [0, 0.1) is 0 Å². The van der Waals surface area contributed by atoms with Crippen LogP contribution in [0.25, 0.3) is 0 Å². The Bertz CT molecular complexity index is 422. The van der Waals surface area contributed by atoms with Crippen molar-refractivity contribution in [2.24, 2.45) is 0 Å². The minimum Gasteiger partial charge on any atom is -0.341 e. The molecule has 15 heavy (non-hydrogen) atoms. The van der Waals surface area contributed by atoms with E-state index in [9.17, 15) is 13.2 Å². The zero-order chi connectivity index (χ0) is 11.3. The first kappa shape index (κ1) is 11.7. The largest absolute Gasteiger partial charge is 0.353 e. The molecule has 0 amide bonds. The van der Waals surface area contributed by atoms with Crippen LogP contribution in [0.15, 0.2) is 30.3 Å². The van der Waals surface area contributed by atoms with Gasteiger partial charge in [0.05, 0.1) is 11.3 Å². The standard InChI is InChI=1S/C10H12O4S/c1-2-8-15(12,13)14-10(11)9-6-4-3-5-7-9/h3-7H,2,8H2,1H3. The first-order valence-electron chi connectivity index (χ1n) is 4.56. The molecule has 0 spiro atoms. The molecule has 0 saturated heterocycles. The summed E-state index contributed by atoms with van der Waals surface area (Å²) in [5.74, 6) is -0.977. The third kappa shape index (κ3) is 3.71. The molecule has 0 aliphatic rings. The molecule has 0 aliphatic heterocycles. The van der Waals surface area contributed by atoms with Crippen molar-refractivity contribution in [1.29, 1.82) is 0 Å². The Morgan fingerprint density at radius 3 is 2.40 bits per heavy atom. The molecular weight excluding hydrogens is 216 g/mol. The van der Waals surface area contributed by atoms with Crippen molar-refractivity contribution < 1.29 is 17.4 Å². The fourth-order valence-electron chi connectivity index (χ4n) is 1.03. The molecule has 0 aliphatic carbocycles. The third-order valence-electron chi connectivity index (χ3n) is 1.67. The van der Waals surface area contributed by atoms with Gasteiger partial charge in [0.1, 0.15) is 0 Å². The summed E-state index contributed by atoms with van der Waals surface area (Å²) < 4.78 is 26.7. The maximum Gasteiger partial charge on any atom is 0.353 e. The molecule has 5 heteroatoms. The normalized spacial score (nSPS) is 11.0. The first-order valence-corrected chi connectivity index (χ1v) is 6.14. The van der Waals surface area contributed by atoms with Gasteiger partial charge in [0.25, 0.3) is 0 Å². The van der Waals surface area contributed by atoms with Crippen molar-refractivity contribution in [1.82, 2.24) is 0 Å². The minimum absolute atomic E-state index is 0.147. The average molecular weight is 228 g/mol. The zero-order valence-corrected chi connectivity index (χ0v) is 9.16. The predicted molar refractivity (Wildman–Crippen MR) is 55.9 cm³/mol. The molecule has 0 heterocycles. The van der Waals surface area contributed by atoms with E-state index in [0.29, 0.717) is 6.42 Å². The number of carbonyl (C=O) groups excluding carboxylic acids is 1. The lowest BCUT2D eigenvalue weighted by Crippen LogP contribution is -2.15. The second-order valence-corrected chi connectivity index (χ2v) is 4.69. The van der Waals surface area contributed by atoms with Crippen molar-refractivity contribution >= 4 is 16.1 Å². The quantitative estimate of drug-likeness (QED) is 0.734. The van der Waals surface area contributed by atoms with E-state index in [2.05, 4.69) is 4.18 Å². The Kier molecular flexibility index (Phi) is 3.85. The fraction of sp³-hybridized carbons (Fsp3) is 0.300. The molecule has 1 aromatic rings. The van der Waals surface area contributed by atoms with E-state index in [4.69, 9.17) is 0 Å². The molecule has 0 saturated carbocycles. The molecule has 0 N–H and O–H groups in total. The van der Waals surface area contributed by atoms with Gasteiger partial charge in [-0.3, -0.25) is 0 Å². The number of hydrogen-bond donors (Lipinski definition) is 0. The summed E-state index contributed by atoms with van der Waals surface area (Å²) in [4.78, 5) is 11.3. The summed E-state index contributed by atoms with van der Waals surface area (Å²) in [6.07, 6.45) is 0.421. The van der Waals surface area contributed by atoms with Crippen molar-refractivity contribution in [3.05, 3.63) is 35.9 Å². The smallest absolute Gasteiger partial charge is 0.341 e. The van der Waals surface area contributed by atoms with Crippen LogP contribution in [0.1, 0.15) is 23.7 Å². The van der Waals surface area contributed by atoms with Crippen LogP contribution in [0.3, 0.4) is 0 Å². The minimum atomic E-state index is -3.73. The van der Waals surface area contributed by atoms with Gasteiger partial charge in [-0.25, -0.2) is 4.79 Å². The highest BCUT2D eigenvalue weighted by Crippen LogP contribution is 2.05. The van der Waals surface area contributed by atoms with Gasteiger partial charge in [-0.1, -0.05) is 25.1 Å². The highest BCUT2D eigenvalue weighted by molar-refractivity contribution is 7.87. The Morgan fingerprint density at radius 2 is 1.87 bits per heavy atom. The predicted octanol–water partition coefficient (Wildman–Crippen LogP) is 1.58. The average Bonchev–Trinajstić information content (AvgIpc) is 2.18.